The van der Waals surface area contributed by atoms with Crippen LogP contribution in [0.25, 0.3) is 0 Å². The largest absolute Gasteiger partial charge is 0.143 e. The number of rotatable bonds is 2. The zero-order valence-corrected chi connectivity index (χ0v) is 13.3. The molecule has 2 rings (SSSR count). The molecule has 0 aliphatic rings. The highest BCUT2D eigenvalue weighted by Gasteiger charge is 2.18. The van der Waals surface area contributed by atoms with E-state index in [1.165, 1.54) is 15.3 Å². The molecular formula is C13H11BrCl2S. The average Bonchev–Trinajstić information content (AvgIpc) is 2.57. The van der Waals surface area contributed by atoms with Crippen LogP contribution in [-0.2, 0) is 0 Å². The van der Waals surface area contributed by atoms with Gasteiger partial charge < -0.3 is 0 Å². The first-order valence-corrected chi connectivity index (χ1v) is 7.57. The van der Waals surface area contributed by atoms with Crippen molar-refractivity contribution < 1.29 is 0 Å². The van der Waals surface area contributed by atoms with Crippen LogP contribution in [0.3, 0.4) is 0 Å². The smallest absolute Gasteiger partial charge is 0.0941 e. The Labute approximate surface area is 124 Å². The molecule has 0 saturated heterocycles. The molecule has 0 fully saturated rings. The predicted molar refractivity (Wildman–Crippen MR) is 80.6 cm³/mol. The summed E-state index contributed by atoms with van der Waals surface area (Å²) in [5.41, 5.74) is 2.30. The molecule has 4 heteroatoms. The summed E-state index contributed by atoms with van der Waals surface area (Å²) in [6.45, 7) is 4.19. The van der Waals surface area contributed by atoms with Crippen molar-refractivity contribution in [1.82, 2.24) is 0 Å². The van der Waals surface area contributed by atoms with Gasteiger partial charge in [0.05, 0.1) is 5.38 Å². The van der Waals surface area contributed by atoms with Gasteiger partial charge in [0, 0.05) is 19.2 Å². The second-order valence-corrected chi connectivity index (χ2v) is 6.95. The van der Waals surface area contributed by atoms with Gasteiger partial charge in [0.2, 0.25) is 0 Å². The van der Waals surface area contributed by atoms with Crippen LogP contribution in [-0.4, -0.2) is 0 Å². The first-order valence-electron chi connectivity index (χ1n) is 5.15. The first-order chi connectivity index (χ1) is 7.99. The predicted octanol–water partition coefficient (Wildman–Crippen LogP) is 6.11. The van der Waals surface area contributed by atoms with Crippen molar-refractivity contribution in [2.45, 2.75) is 19.2 Å². The normalized spacial score (nSPS) is 12.8. The molecule has 1 atom stereocenters. The van der Waals surface area contributed by atoms with Gasteiger partial charge in [-0.2, -0.15) is 0 Å². The van der Waals surface area contributed by atoms with Gasteiger partial charge in [0.25, 0.3) is 0 Å². The molecule has 0 amide bonds. The van der Waals surface area contributed by atoms with E-state index in [1.54, 1.807) is 11.3 Å². The fourth-order valence-electron chi connectivity index (χ4n) is 1.76. The van der Waals surface area contributed by atoms with E-state index in [0.29, 0.717) is 5.02 Å². The van der Waals surface area contributed by atoms with Crippen molar-refractivity contribution >= 4 is 50.5 Å². The fourth-order valence-corrected chi connectivity index (χ4v) is 4.33. The number of alkyl halides is 1. The topological polar surface area (TPSA) is 0 Å². The molecule has 0 N–H and O–H groups in total. The van der Waals surface area contributed by atoms with Crippen LogP contribution in [0.2, 0.25) is 5.02 Å². The molecule has 0 saturated carbocycles. The number of thiophene rings is 1. The van der Waals surface area contributed by atoms with E-state index in [4.69, 9.17) is 23.2 Å². The van der Waals surface area contributed by atoms with Gasteiger partial charge in [-0.3, -0.25) is 0 Å². The van der Waals surface area contributed by atoms with E-state index in [2.05, 4.69) is 35.8 Å². The molecule has 90 valence electrons. The number of aryl methyl sites for hydroxylation is 2. The summed E-state index contributed by atoms with van der Waals surface area (Å²) in [5, 5.41) is 0.587. The molecule has 1 heterocycles. The van der Waals surface area contributed by atoms with E-state index >= 15 is 0 Å². The molecule has 2 aromatic rings. The van der Waals surface area contributed by atoms with Gasteiger partial charge in [0.1, 0.15) is 0 Å². The standard InChI is InChI=1S/C13H11BrCl2S/c1-7-5-8(2)17-13(7)12(16)10-4-3-9(15)6-11(10)14/h3-6,12H,1-2H3. The van der Waals surface area contributed by atoms with Crippen molar-refractivity contribution in [3.8, 4) is 0 Å². The Morgan fingerprint density at radius 2 is 1.94 bits per heavy atom. The van der Waals surface area contributed by atoms with Crippen molar-refractivity contribution in [3.63, 3.8) is 0 Å². The van der Waals surface area contributed by atoms with Crippen molar-refractivity contribution in [3.05, 3.63) is 54.6 Å². The highest BCUT2D eigenvalue weighted by atomic mass is 79.9. The highest BCUT2D eigenvalue weighted by molar-refractivity contribution is 9.10. The van der Waals surface area contributed by atoms with Gasteiger partial charge in [0.15, 0.2) is 0 Å². The Bertz CT molecular complexity index is 548. The van der Waals surface area contributed by atoms with Crippen LogP contribution in [0.5, 0.6) is 0 Å². The average molecular weight is 350 g/mol. The van der Waals surface area contributed by atoms with E-state index in [9.17, 15) is 0 Å². The molecular weight excluding hydrogens is 339 g/mol. The molecule has 17 heavy (non-hydrogen) atoms. The first kappa shape index (κ1) is 13.4. The lowest BCUT2D eigenvalue weighted by Gasteiger charge is -2.11. The molecule has 0 bridgehead atoms. The third-order valence-electron chi connectivity index (χ3n) is 2.55. The summed E-state index contributed by atoms with van der Waals surface area (Å²) in [6.07, 6.45) is 0. The Balaban J connectivity index is 2.43. The molecule has 1 aromatic carbocycles. The Morgan fingerprint density at radius 1 is 1.24 bits per heavy atom. The fraction of sp³-hybridized carbons (Fsp3) is 0.231. The Morgan fingerprint density at radius 3 is 2.47 bits per heavy atom. The lowest BCUT2D eigenvalue weighted by molar-refractivity contribution is 1.15. The number of hydrogen-bond donors (Lipinski definition) is 0. The lowest BCUT2D eigenvalue weighted by Crippen LogP contribution is -1.93. The third kappa shape index (κ3) is 2.87. The van der Waals surface area contributed by atoms with Gasteiger partial charge in [-0.1, -0.05) is 33.6 Å². The second kappa shape index (κ2) is 5.31. The Kier molecular flexibility index (Phi) is 4.19. The van der Waals surface area contributed by atoms with Gasteiger partial charge in [-0.05, 0) is 43.2 Å². The maximum Gasteiger partial charge on any atom is 0.0941 e. The zero-order valence-electron chi connectivity index (χ0n) is 9.43. The zero-order chi connectivity index (χ0) is 12.6. The summed E-state index contributed by atoms with van der Waals surface area (Å²) in [6, 6.07) is 7.88. The van der Waals surface area contributed by atoms with Crippen LogP contribution in [0.15, 0.2) is 28.7 Å². The molecule has 1 aromatic heterocycles. The maximum absolute atomic E-state index is 6.55. The summed E-state index contributed by atoms with van der Waals surface area (Å²) in [4.78, 5) is 2.49. The maximum atomic E-state index is 6.55. The summed E-state index contributed by atoms with van der Waals surface area (Å²) < 4.78 is 0.954. The molecule has 0 aliphatic carbocycles. The van der Waals surface area contributed by atoms with Crippen LogP contribution >= 0.6 is 50.5 Å². The van der Waals surface area contributed by atoms with E-state index in [-0.39, 0.29) is 5.38 Å². The van der Waals surface area contributed by atoms with Gasteiger partial charge >= 0.3 is 0 Å². The minimum atomic E-state index is -0.125. The SMILES string of the molecule is Cc1cc(C)c(C(Cl)c2ccc(Cl)cc2Br)s1. The summed E-state index contributed by atoms with van der Waals surface area (Å²) in [5.74, 6) is 0. The van der Waals surface area contributed by atoms with E-state index < -0.39 is 0 Å². The summed E-state index contributed by atoms with van der Waals surface area (Å²) in [7, 11) is 0. The van der Waals surface area contributed by atoms with Crippen LogP contribution in [0.4, 0.5) is 0 Å². The minimum Gasteiger partial charge on any atom is -0.143 e. The Hall–Kier alpha value is -0.0200. The van der Waals surface area contributed by atoms with Crippen molar-refractivity contribution in [2.24, 2.45) is 0 Å². The monoisotopic (exact) mass is 348 g/mol. The molecule has 0 aliphatic heterocycles. The number of hydrogen-bond acceptors (Lipinski definition) is 1. The molecule has 0 radical (unpaired) electrons. The van der Waals surface area contributed by atoms with Crippen LogP contribution in [0.1, 0.15) is 26.3 Å². The molecule has 1 unspecified atom stereocenters. The van der Waals surface area contributed by atoms with Gasteiger partial charge in [-0.15, -0.1) is 22.9 Å². The van der Waals surface area contributed by atoms with Crippen LogP contribution < -0.4 is 0 Å². The second-order valence-electron chi connectivity index (χ2n) is 3.93. The van der Waals surface area contributed by atoms with E-state index in [0.717, 1.165) is 10.0 Å². The summed E-state index contributed by atoms with van der Waals surface area (Å²) >= 11 is 17.7. The third-order valence-corrected chi connectivity index (χ3v) is 5.27. The van der Waals surface area contributed by atoms with Crippen molar-refractivity contribution in [2.75, 3.05) is 0 Å². The van der Waals surface area contributed by atoms with E-state index in [1.807, 2.05) is 18.2 Å². The highest BCUT2D eigenvalue weighted by Crippen LogP contribution is 2.39. The van der Waals surface area contributed by atoms with Crippen molar-refractivity contribution in [1.29, 1.82) is 0 Å². The number of halogens is 3. The minimum absolute atomic E-state index is 0.125. The molecule has 0 spiro atoms. The van der Waals surface area contributed by atoms with Crippen LogP contribution in [0, 0.1) is 13.8 Å². The molecule has 0 nitrogen and oxygen atoms in total. The quantitative estimate of drug-likeness (QED) is 0.574. The number of benzene rings is 1. The van der Waals surface area contributed by atoms with Gasteiger partial charge in [-0.25, -0.2) is 0 Å². The lowest BCUT2D eigenvalue weighted by atomic mass is 10.1.